The van der Waals surface area contributed by atoms with Crippen molar-refractivity contribution in [1.82, 2.24) is 9.97 Å². The van der Waals surface area contributed by atoms with Crippen molar-refractivity contribution in [2.45, 2.75) is 18.9 Å². The smallest absolute Gasteiger partial charge is 0.356 e. The SMILES string of the molecule is O=C(O)c1cnc(N2CC(OCCCc3ccccc3)C2)cn1. The third-order valence-corrected chi connectivity index (χ3v) is 3.84. The van der Waals surface area contributed by atoms with Crippen LogP contribution in [0.4, 0.5) is 5.82 Å². The van der Waals surface area contributed by atoms with Gasteiger partial charge in [0.15, 0.2) is 5.69 Å². The molecule has 1 saturated heterocycles. The molecule has 1 fully saturated rings. The van der Waals surface area contributed by atoms with Gasteiger partial charge in [0.2, 0.25) is 0 Å². The molecule has 0 aliphatic carbocycles. The standard InChI is InChI=1S/C17H19N3O3/c21-17(22)15-9-19-16(10-18-15)20-11-14(12-20)23-8-4-7-13-5-2-1-3-6-13/h1-3,5-6,9-10,14H,4,7-8,11-12H2,(H,21,22). The minimum atomic E-state index is -1.06. The van der Waals surface area contributed by atoms with Crippen LogP contribution in [0.3, 0.4) is 0 Å². The molecular formula is C17H19N3O3. The van der Waals surface area contributed by atoms with Crippen molar-refractivity contribution < 1.29 is 14.6 Å². The van der Waals surface area contributed by atoms with Crippen LogP contribution in [0.1, 0.15) is 22.5 Å². The van der Waals surface area contributed by atoms with E-state index in [1.807, 2.05) is 11.0 Å². The first-order chi connectivity index (χ1) is 11.2. The Morgan fingerprint density at radius 1 is 1.22 bits per heavy atom. The van der Waals surface area contributed by atoms with Gasteiger partial charge in [0, 0.05) is 19.7 Å². The first-order valence-electron chi connectivity index (χ1n) is 7.68. The summed E-state index contributed by atoms with van der Waals surface area (Å²) in [5, 5.41) is 8.79. The Morgan fingerprint density at radius 2 is 2.00 bits per heavy atom. The van der Waals surface area contributed by atoms with Gasteiger partial charge in [0.1, 0.15) is 5.82 Å². The molecular weight excluding hydrogens is 294 g/mol. The fraction of sp³-hybridized carbons (Fsp3) is 0.353. The zero-order valence-corrected chi connectivity index (χ0v) is 12.8. The number of carbonyl (C=O) groups is 1. The van der Waals surface area contributed by atoms with Crippen LogP contribution in [0.2, 0.25) is 0 Å². The van der Waals surface area contributed by atoms with Crippen molar-refractivity contribution in [3.8, 4) is 0 Å². The van der Waals surface area contributed by atoms with E-state index in [1.165, 1.54) is 18.0 Å². The highest BCUT2D eigenvalue weighted by Crippen LogP contribution is 2.19. The minimum Gasteiger partial charge on any atom is -0.476 e. The van der Waals surface area contributed by atoms with Gasteiger partial charge in [0.25, 0.3) is 0 Å². The predicted octanol–water partition coefficient (Wildman–Crippen LogP) is 2.01. The van der Waals surface area contributed by atoms with E-state index in [2.05, 4.69) is 34.2 Å². The summed E-state index contributed by atoms with van der Waals surface area (Å²) in [6.45, 7) is 2.29. The molecule has 0 atom stereocenters. The lowest BCUT2D eigenvalue weighted by Gasteiger charge is -2.39. The molecule has 23 heavy (non-hydrogen) atoms. The van der Waals surface area contributed by atoms with Gasteiger partial charge in [-0.1, -0.05) is 30.3 Å². The van der Waals surface area contributed by atoms with Crippen molar-refractivity contribution in [1.29, 1.82) is 0 Å². The fourth-order valence-corrected chi connectivity index (χ4v) is 2.50. The Bertz CT molecular complexity index is 640. The molecule has 6 heteroatoms. The van der Waals surface area contributed by atoms with E-state index in [4.69, 9.17) is 9.84 Å². The van der Waals surface area contributed by atoms with Gasteiger partial charge >= 0.3 is 5.97 Å². The highest BCUT2D eigenvalue weighted by atomic mass is 16.5. The minimum absolute atomic E-state index is 0.0389. The number of anilines is 1. The van der Waals surface area contributed by atoms with Crippen molar-refractivity contribution in [3.63, 3.8) is 0 Å². The van der Waals surface area contributed by atoms with E-state index >= 15 is 0 Å². The molecule has 0 radical (unpaired) electrons. The molecule has 1 aromatic carbocycles. The third kappa shape index (κ3) is 4.04. The first-order valence-corrected chi connectivity index (χ1v) is 7.68. The van der Waals surface area contributed by atoms with Gasteiger partial charge in [-0.15, -0.1) is 0 Å². The van der Waals surface area contributed by atoms with E-state index in [-0.39, 0.29) is 11.8 Å². The number of carboxylic acid groups (broad SMARTS) is 1. The second-order valence-corrected chi connectivity index (χ2v) is 5.55. The fourth-order valence-electron chi connectivity index (χ4n) is 2.50. The first kappa shape index (κ1) is 15.4. The summed E-state index contributed by atoms with van der Waals surface area (Å²) in [6, 6.07) is 10.4. The number of aromatic carboxylic acids is 1. The normalized spacial score (nSPS) is 14.5. The second kappa shape index (κ2) is 7.19. The van der Waals surface area contributed by atoms with Crippen LogP contribution in [0.15, 0.2) is 42.7 Å². The van der Waals surface area contributed by atoms with Crippen LogP contribution in [0, 0.1) is 0 Å². The number of nitrogens with zero attached hydrogens (tertiary/aromatic N) is 3. The van der Waals surface area contributed by atoms with Crippen molar-refractivity contribution in [3.05, 3.63) is 54.0 Å². The monoisotopic (exact) mass is 313 g/mol. The highest BCUT2D eigenvalue weighted by Gasteiger charge is 2.28. The number of hydrogen-bond acceptors (Lipinski definition) is 5. The van der Waals surface area contributed by atoms with Crippen LogP contribution in [0.5, 0.6) is 0 Å². The zero-order valence-electron chi connectivity index (χ0n) is 12.8. The average Bonchev–Trinajstić information content (AvgIpc) is 2.54. The molecule has 2 aromatic rings. The average molecular weight is 313 g/mol. The van der Waals surface area contributed by atoms with Gasteiger partial charge in [-0.25, -0.2) is 14.8 Å². The highest BCUT2D eigenvalue weighted by molar-refractivity contribution is 5.84. The summed E-state index contributed by atoms with van der Waals surface area (Å²) in [7, 11) is 0. The Hall–Kier alpha value is -2.47. The lowest BCUT2D eigenvalue weighted by molar-refractivity contribution is 0.0327. The molecule has 120 valence electrons. The molecule has 0 bridgehead atoms. The molecule has 6 nitrogen and oxygen atoms in total. The molecule has 2 heterocycles. The lowest BCUT2D eigenvalue weighted by Crippen LogP contribution is -2.52. The number of ether oxygens (including phenoxy) is 1. The Morgan fingerprint density at radius 3 is 2.65 bits per heavy atom. The predicted molar refractivity (Wildman–Crippen MR) is 85.7 cm³/mol. The molecule has 1 N–H and O–H groups in total. The molecule has 1 aromatic heterocycles. The van der Waals surface area contributed by atoms with Crippen LogP contribution in [-0.4, -0.2) is 46.8 Å². The molecule has 0 unspecified atom stereocenters. The van der Waals surface area contributed by atoms with Crippen LogP contribution in [-0.2, 0) is 11.2 Å². The lowest BCUT2D eigenvalue weighted by atomic mass is 10.1. The van der Waals surface area contributed by atoms with Crippen molar-refractivity contribution in [2.75, 3.05) is 24.6 Å². The van der Waals surface area contributed by atoms with Gasteiger partial charge < -0.3 is 14.7 Å². The maximum atomic E-state index is 10.7. The summed E-state index contributed by atoms with van der Waals surface area (Å²) in [5.74, 6) is -0.369. The molecule has 1 aliphatic heterocycles. The van der Waals surface area contributed by atoms with E-state index < -0.39 is 5.97 Å². The van der Waals surface area contributed by atoms with Gasteiger partial charge in [-0.05, 0) is 18.4 Å². The number of aryl methyl sites for hydroxylation is 1. The number of hydrogen-bond donors (Lipinski definition) is 1. The van der Waals surface area contributed by atoms with Crippen LogP contribution in [0.25, 0.3) is 0 Å². The summed E-state index contributed by atoms with van der Waals surface area (Å²) in [5.41, 5.74) is 1.29. The van der Waals surface area contributed by atoms with Crippen LogP contribution < -0.4 is 4.90 Å². The molecule has 0 saturated carbocycles. The van der Waals surface area contributed by atoms with Gasteiger partial charge in [0.05, 0.1) is 18.5 Å². The van der Waals surface area contributed by atoms with Gasteiger partial charge in [-0.3, -0.25) is 0 Å². The zero-order chi connectivity index (χ0) is 16.1. The number of rotatable bonds is 7. The number of carboxylic acids is 1. The molecule has 0 amide bonds. The van der Waals surface area contributed by atoms with Crippen LogP contribution >= 0.6 is 0 Å². The summed E-state index contributed by atoms with van der Waals surface area (Å²) < 4.78 is 5.83. The van der Waals surface area contributed by atoms with Crippen molar-refractivity contribution >= 4 is 11.8 Å². The van der Waals surface area contributed by atoms with E-state index in [9.17, 15) is 4.79 Å². The Labute approximate surface area is 134 Å². The maximum absolute atomic E-state index is 10.7. The van der Waals surface area contributed by atoms with Gasteiger partial charge in [-0.2, -0.15) is 0 Å². The molecule has 1 aliphatic rings. The largest absolute Gasteiger partial charge is 0.476 e. The number of benzene rings is 1. The topological polar surface area (TPSA) is 75.5 Å². The molecule has 3 rings (SSSR count). The maximum Gasteiger partial charge on any atom is 0.356 e. The third-order valence-electron chi connectivity index (χ3n) is 3.84. The Kier molecular flexibility index (Phi) is 4.83. The van der Waals surface area contributed by atoms with Crippen molar-refractivity contribution in [2.24, 2.45) is 0 Å². The number of aromatic nitrogens is 2. The Balaban J connectivity index is 1.35. The van der Waals surface area contributed by atoms with E-state index in [1.54, 1.807) is 0 Å². The quantitative estimate of drug-likeness (QED) is 0.788. The second-order valence-electron chi connectivity index (χ2n) is 5.55. The van der Waals surface area contributed by atoms with E-state index in [0.29, 0.717) is 5.82 Å². The summed E-state index contributed by atoms with van der Waals surface area (Å²) in [4.78, 5) is 20.7. The summed E-state index contributed by atoms with van der Waals surface area (Å²) >= 11 is 0. The molecule has 0 spiro atoms. The van der Waals surface area contributed by atoms with E-state index in [0.717, 1.165) is 32.5 Å². The summed E-state index contributed by atoms with van der Waals surface area (Å²) in [6.07, 6.45) is 5.03.